The van der Waals surface area contributed by atoms with Crippen molar-refractivity contribution in [1.29, 1.82) is 0 Å². The molecule has 0 spiro atoms. The molecule has 0 bridgehead atoms. The van der Waals surface area contributed by atoms with Gasteiger partial charge in [0.25, 0.3) is 0 Å². The summed E-state index contributed by atoms with van der Waals surface area (Å²) >= 11 is 0. The fraction of sp³-hybridized carbons (Fsp3) is 0.312. The average Bonchev–Trinajstić information content (AvgIpc) is 3.08. The van der Waals surface area contributed by atoms with Gasteiger partial charge in [0, 0.05) is 11.1 Å². The van der Waals surface area contributed by atoms with E-state index in [1.165, 1.54) is 6.39 Å². The fourth-order valence-corrected chi connectivity index (χ4v) is 2.15. The van der Waals surface area contributed by atoms with Crippen molar-refractivity contribution in [2.45, 2.75) is 27.0 Å². The second kappa shape index (κ2) is 4.71. The summed E-state index contributed by atoms with van der Waals surface area (Å²) in [6.45, 7) is 6.41. The molecular weight excluding hydrogens is 252 g/mol. The molecule has 20 heavy (non-hydrogen) atoms. The summed E-state index contributed by atoms with van der Waals surface area (Å²) in [6.07, 6.45) is 6.16. The van der Waals surface area contributed by atoms with E-state index in [1.807, 2.05) is 35.2 Å². The molecule has 1 aromatic heterocycles. The predicted molar refractivity (Wildman–Crippen MR) is 76.4 cm³/mol. The van der Waals surface area contributed by atoms with Crippen LogP contribution in [0.1, 0.15) is 26.5 Å². The lowest BCUT2D eigenvalue weighted by molar-refractivity contribution is 0.0787. The molecule has 0 N–H and O–H groups in total. The number of nitrogens with zero attached hydrogens (tertiary/aromatic N) is 2. The molecule has 1 aliphatic heterocycles. The minimum absolute atomic E-state index is 0.0649. The van der Waals surface area contributed by atoms with E-state index < -0.39 is 0 Å². The third kappa shape index (κ3) is 2.29. The maximum Gasteiger partial charge on any atom is 0.192 e. The lowest BCUT2D eigenvalue weighted by Gasteiger charge is -2.34. The van der Waals surface area contributed by atoms with Gasteiger partial charge in [0.15, 0.2) is 24.1 Å². The zero-order valence-corrected chi connectivity index (χ0v) is 11.8. The third-order valence-corrected chi connectivity index (χ3v) is 3.12. The first-order valence-electron chi connectivity index (χ1n) is 6.59. The van der Waals surface area contributed by atoms with Crippen LogP contribution in [0.2, 0.25) is 0 Å². The summed E-state index contributed by atoms with van der Waals surface area (Å²) in [5.41, 5.74) is 0.979. The summed E-state index contributed by atoms with van der Waals surface area (Å²) in [5, 5.41) is 0. The van der Waals surface area contributed by atoms with E-state index in [-0.39, 0.29) is 11.6 Å². The second-order valence-corrected chi connectivity index (χ2v) is 5.85. The van der Waals surface area contributed by atoms with Crippen LogP contribution < -0.4 is 4.90 Å². The van der Waals surface area contributed by atoms with Crippen LogP contribution in [0.15, 0.2) is 47.3 Å². The van der Waals surface area contributed by atoms with Crippen molar-refractivity contribution < 1.29 is 9.15 Å². The fourth-order valence-electron chi connectivity index (χ4n) is 2.15. The Morgan fingerprint density at radius 2 is 1.95 bits per heavy atom. The predicted octanol–water partition coefficient (Wildman–Crippen LogP) is 3.69. The molecule has 2 heterocycles. The topological polar surface area (TPSA) is 38.5 Å². The first-order chi connectivity index (χ1) is 9.55. The molecule has 1 atom stereocenters. The Bertz CT molecular complexity index is 597. The Morgan fingerprint density at radius 1 is 1.20 bits per heavy atom. The summed E-state index contributed by atoms with van der Waals surface area (Å²) in [5.74, 6) is 1.18. The summed E-state index contributed by atoms with van der Waals surface area (Å²) < 4.78 is 11.3. The average molecular weight is 269 g/mol. The highest BCUT2D eigenvalue weighted by Gasteiger charge is 2.38. The molecule has 103 valence electrons. The molecule has 1 aromatic carbocycles. The van der Waals surface area contributed by atoms with Crippen LogP contribution in [0.3, 0.4) is 0 Å². The minimum Gasteiger partial charge on any atom is -0.463 e. The first kappa shape index (κ1) is 12.8. The highest BCUT2D eigenvalue weighted by atomic mass is 16.5. The number of hydrogen-bond donors (Lipinski definition) is 0. The quantitative estimate of drug-likeness (QED) is 0.833. The Labute approximate surface area is 118 Å². The van der Waals surface area contributed by atoms with Gasteiger partial charge in [0.2, 0.25) is 0 Å². The Hall–Kier alpha value is -2.23. The molecule has 0 saturated carbocycles. The van der Waals surface area contributed by atoms with Gasteiger partial charge in [-0.05, 0) is 12.1 Å². The van der Waals surface area contributed by atoms with Crippen LogP contribution >= 0.6 is 0 Å². The summed E-state index contributed by atoms with van der Waals surface area (Å²) in [6, 6.07) is 10.1. The van der Waals surface area contributed by atoms with Crippen molar-refractivity contribution in [3.8, 4) is 0 Å². The maximum atomic E-state index is 6.04. The van der Waals surface area contributed by atoms with E-state index >= 15 is 0 Å². The number of hydrogen-bond acceptors (Lipinski definition) is 4. The maximum absolute atomic E-state index is 6.04. The van der Waals surface area contributed by atoms with Crippen LogP contribution in [0.5, 0.6) is 0 Å². The van der Waals surface area contributed by atoms with Crippen LogP contribution in [0.4, 0.5) is 5.69 Å². The van der Waals surface area contributed by atoms with Crippen molar-refractivity contribution in [3.05, 3.63) is 54.9 Å². The van der Waals surface area contributed by atoms with Gasteiger partial charge in [0.1, 0.15) is 6.20 Å². The number of benzene rings is 1. The number of aromatic nitrogens is 1. The van der Waals surface area contributed by atoms with Crippen molar-refractivity contribution >= 4 is 11.4 Å². The zero-order chi connectivity index (χ0) is 14.2. The highest BCUT2D eigenvalue weighted by molar-refractivity contribution is 5.62. The summed E-state index contributed by atoms with van der Waals surface area (Å²) in [4.78, 5) is 5.94. The minimum atomic E-state index is -0.134. The monoisotopic (exact) mass is 269 g/mol. The number of ether oxygens (including phenoxy) is 1. The van der Waals surface area contributed by atoms with Gasteiger partial charge < -0.3 is 9.15 Å². The molecule has 1 unspecified atom stereocenters. The van der Waals surface area contributed by atoms with E-state index in [9.17, 15) is 0 Å². The third-order valence-electron chi connectivity index (χ3n) is 3.12. The van der Waals surface area contributed by atoms with Crippen molar-refractivity contribution in [1.82, 2.24) is 4.98 Å². The van der Waals surface area contributed by atoms with E-state index in [2.05, 4.69) is 32.0 Å². The number of para-hydroxylation sites is 1. The molecule has 2 aromatic rings. The molecular formula is C16H17N2O2. The van der Waals surface area contributed by atoms with E-state index in [4.69, 9.17) is 9.15 Å². The Balaban J connectivity index is 1.99. The van der Waals surface area contributed by atoms with Crippen LogP contribution in [-0.4, -0.2) is 11.2 Å². The van der Waals surface area contributed by atoms with E-state index in [1.54, 1.807) is 6.20 Å². The van der Waals surface area contributed by atoms with Gasteiger partial charge in [-0.1, -0.05) is 39.0 Å². The van der Waals surface area contributed by atoms with Gasteiger partial charge in [-0.25, -0.2) is 4.98 Å². The number of anilines is 1. The van der Waals surface area contributed by atoms with E-state index in [0.717, 1.165) is 5.69 Å². The lowest BCUT2D eigenvalue weighted by atomic mass is 9.93. The molecule has 0 aliphatic carbocycles. The molecule has 1 aliphatic rings. The largest absolute Gasteiger partial charge is 0.463 e. The summed E-state index contributed by atoms with van der Waals surface area (Å²) in [7, 11) is 0. The Morgan fingerprint density at radius 3 is 2.55 bits per heavy atom. The highest BCUT2D eigenvalue weighted by Crippen LogP contribution is 2.38. The van der Waals surface area contributed by atoms with Gasteiger partial charge in [-0.3, -0.25) is 4.90 Å². The van der Waals surface area contributed by atoms with E-state index in [0.29, 0.717) is 11.5 Å². The normalized spacial score (nSPS) is 18.9. The number of rotatable bonds is 2. The Kier molecular flexibility index (Phi) is 3.01. The number of oxazole rings is 1. The van der Waals surface area contributed by atoms with Crippen molar-refractivity contribution in [2.75, 3.05) is 4.90 Å². The van der Waals surface area contributed by atoms with Gasteiger partial charge >= 0.3 is 0 Å². The van der Waals surface area contributed by atoms with Crippen molar-refractivity contribution in [2.24, 2.45) is 5.41 Å². The first-order valence-corrected chi connectivity index (χ1v) is 6.59. The van der Waals surface area contributed by atoms with Crippen LogP contribution in [-0.2, 0) is 4.74 Å². The molecule has 4 heteroatoms. The molecule has 1 radical (unpaired) electrons. The van der Waals surface area contributed by atoms with Gasteiger partial charge in [-0.15, -0.1) is 0 Å². The molecule has 3 rings (SSSR count). The standard InChI is InChI=1S/C16H17N2O2/c1-16(2,3)15-18(12-7-5-4-6-8-12)10-14(20-15)13-9-17-11-19-13/h4-9,11,15H,1-3H3. The van der Waals surface area contributed by atoms with Gasteiger partial charge in [-0.2, -0.15) is 0 Å². The van der Waals surface area contributed by atoms with Crippen molar-refractivity contribution in [3.63, 3.8) is 0 Å². The van der Waals surface area contributed by atoms with Gasteiger partial charge in [0.05, 0.1) is 6.20 Å². The SMILES string of the molecule is CC(C)(C)C1OC(c2cnco2)=[C]N1c1ccccc1. The molecule has 4 nitrogen and oxygen atoms in total. The smallest absolute Gasteiger partial charge is 0.192 e. The van der Waals surface area contributed by atoms with Crippen LogP contribution in [0, 0.1) is 11.6 Å². The molecule has 0 fully saturated rings. The lowest BCUT2D eigenvalue weighted by Crippen LogP contribution is -2.39. The molecule has 0 amide bonds. The van der Waals surface area contributed by atoms with Crippen LogP contribution in [0.25, 0.3) is 5.76 Å². The second-order valence-electron chi connectivity index (χ2n) is 5.85. The molecule has 0 saturated heterocycles. The zero-order valence-electron chi connectivity index (χ0n) is 11.8.